The Morgan fingerprint density at radius 3 is 2.62 bits per heavy atom. The maximum absolute atomic E-state index is 12.9. The first-order chi connectivity index (χ1) is 16.1. The van der Waals surface area contributed by atoms with Gasteiger partial charge in [-0.3, -0.25) is 4.79 Å². The largest absolute Gasteiger partial charge is 0.492 e. The van der Waals surface area contributed by atoms with Crippen LogP contribution in [0.1, 0.15) is 29.4 Å². The second kappa shape index (κ2) is 10.6. The third-order valence-electron chi connectivity index (χ3n) is 6.41. The number of urea groups is 1. The van der Waals surface area contributed by atoms with Gasteiger partial charge in [-0.05, 0) is 74.5 Å². The van der Waals surface area contributed by atoms with Gasteiger partial charge in [-0.15, -0.1) is 23.7 Å². The minimum absolute atomic E-state index is 0. The number of benzene rings is 2. The van der Waals surface area contributed by atoms with Crippen LogP contribution in [0.4, 0.5) is 16.2 Å². The number of anilines is 2. The molecule has 1 atom stereocenters. The van der Waals surface area contributed by atoms with Crippen LogP contribution in [0.3, 0.4) is 0 Å². The van der Waals surface area contributed by atoms with Crippen molar-refractivity contribution in [1.82, 2.24) is 10.2 Å². The lowest BCUT2D eigenvalue weighted by Crippen LogP contribution is -2.57. The number of para-hydroxylation sites is 2. The van der Waals surface area contributed by atoms with Crippen molar-refractivity contribution in [1.29, 1.82) is 0 Å². The van der Waals surface area contributed by atoms with E-state index in [0.29, 0.717) is 34.5 Å². The van der Waals surface area contributed by atoms with Crippen molar-refractivity contribution in [2.24, 2.45) is 5.92 Å². The second-order valence-corrected chi connectivity index (χ2v) is 9.67. The summed E-state index contributed by atoms with van der Waals surface area (Å²) >= 11 is 1.45. The molecule has 0 radical (unpaired) electrons. The first-order valence-electron chi connectivity index (χ1n) is 11.5. The standard InChI is InChI=1S/C25H28N4O3S.ClH/c1-2-32-21-6-4-3-5-19(21)28-25(31)26-18-8-7-17-13-23(33-22(17)14-18)24(30)27-20-15-29-11-9-16(20)10-12-29;/h3-8,13-14,16,20H,2,9-12,15H2,1H3,(H,27,30)(H2,26,28,31);1H/t20-;/m0./s1. The number of nitrogens with one attached hydrogen (secondary N) is 3. The Balaban J connectivity index is 0.00000274. The van der Waals surface area contributed by atoms with Gasteiger partial charge in [0.2, 0.25) is 0 Å². The van der Waals surface area contributed by atoms with Crippen LogP contribution < -0.4 is 20.7 Å². The third-order valence-corrected chi connectivity index (χ3v) is 7.51. The molecule has 0 spiro atoms. The SMILES string of the molecule is CCOc1ccccc1NC(=O)Nc1ccc2cc(C(=O)N[C@H]3CN4CCC3CC4)sc2c1.Cl. The number of piperidine rings is 3. The summed E-state index contributed by atoms with van der Waals surface area (Å²) in [7, 11) is 0. The van der Waals surface area contributed by atoms with Gasteiger partial charge in [0.15, 0.2) is 0 Å². The highest BCUT2D eigenvalue weighted by atomic mass is 35.5. The molecule has 3 aliphatic rings. The Morgan fingerprint density at radius 1 is 1.09 bits per heavy atom. The average molecular weight is 501 g/mol. The Morgan fingerprint density at radius 2 is 1.88 bits per heavy atom. The molecule has 3 amide bonds. The second-order valence-electron chi connectivity index (χ2n) is 8.59. The zero-order valence-electron chi connectivity index (χ0n) is 19.0. The molecular formula is C25H29ClN4O3S. The Bertz CT molecular complexity index is 1180. The minimum Gasteiger partial charge on any atom is -0.492 e. The molecule has 0 saturated carbocycles. The molecule has 1 aromatic heterocycles. The summed E-state index contributed by atoms with van der Waals surface area (Å²) in [5, 5.41) is 9.95. The van der Waals surface area contributed by atoms with Gasteiger partial charge in [0.05, 0.1) is 17.2 Å². The number of nitrogens with zero attached hydrogens (tertiary/aromatic N) is 1. The molecule has 7 nitrogen and oxygen atoms in total. The molecule has 3 aromatic rings. The summed E-state index contributed by atoms with van der Waals surface area (Å²) in [4.78, 5) is 28.6. The first-order valence-corrected chi connectivity index (χ1v) is 12.3. The topological polar surface area (TPSA) is 82.7 Å². The van der Waals surface area contributed by atoms with E-state index in [1.807, 2.05) is 49.4 Å². The number of ether oxygens (including phenoxy) is 1. The Labute approximate surface area is 209 Å². The third kappa shape index (κ3) is 5.29. The van der Waals surface area contributed by atoms with Gasteiger partial charge in [-0.25, -0.2) is 4.79 Å². The fourth-order valence-electron chi connectivity index (χ4n) is 4.72. The zero-order valence-corrected chi connectivity index (χ0v) is 20.6. The number of hydrogen-bond acceptors (Lipinski definition) is 5. The van der Waals surface area contributed by atoms with Crippen molar-refractivity contribution in [2.75, 3.05) is 36.9 Å². The van der Waals surface area contributed by atoms with Gasteiger partial charge in [0, 0.05) is 23.0 Å². The number of fused-ring (bicyclic) bond motifs is 4. The van der Waals surface area contributed by atoms with Crippen molar-refractivity contribution in [2.45, 2.75) is 25.8 Å². The molecule has 3 N–H and O–H groups in total. The van der Waals surface area contributed by atoms with Gasteiger partial charge in [0.25, 0.3) is 5.91 Å². The highest BCUT2D eigenvalue weighted by Crippen LogP contribution is 2.31. The molecule has 2 aromatic carbocycles. The van der Waals surface area contributed by atoms with E-state index in [1.54, 1.807) is 6.07 Å². The minimum atomic E-state index is -0.349. The molecule has 6 rings (SSSR count). The zero-order chi connectivity index (χ0) is 22.8. The first kappa shape index (κ1) is 24.3. The summed E-state index contributed by atoms with van der Waals surface area (Å²) in [6.45, 7) is 5.68. The summed E-state index contributed by atoms with van der Waals surface area (Å²) in [6, 6.07) is 14.8. The van der Waals surface area contributed by atoms with Crippen molar-refractivity contribution in [3.63, 3.8) is 0 Å². The normalized spacial score (nSPS) is 20.9. The van der Waals surface area contributed by atoms with Gasteiger partial charge in [-0.1, -0.05) is 18.2 Å². The maximum Gasteiger partial charge on any atom is 0.323 e. The fraction of sp³-hybridized carbons (Fsp3) is 0.360. The molecule has 3 saturated heterocycles. The van der Waals surface area contributed by atoms with E-state index in [-0.39, 0.29) is 30.4 Å². The summed E-state index contributed by atoms with van der Waals surface area (Å²) in [6.07, 6.45) is 2.34. The summed E-state index contributed by atoms with van der Waals surface area (Å²) in [5.74, 6) is 1.22. The number of halogens is 1. The fourth-order valence-corrected chi connectivity index (χ4v) is 5.73. The van der Waals surface area contributed by atoms with Crippen molar-refractivity contribution in [3.05, 3.63) is 53.4 Å². The van der Waals surface area contributed by atoms with E-state index < -0.39 is 0 Å². The lowest BCUT2D eigenvalue weighted by Gasteiger charge is -2.44. The lowest BCUT2D eigenvalue weighted by molar-refractivity contribution is 0.0622. The van der Waals surface area contributed by atoms with Crippen molar-refractivity contribution < 1.29 is 14.3 Å². The van der Waals surface area contributed by atoms with Gasteiger partial charge in [-0.2, -0.15) is 0 Å². The molecule has 4 heterocycles. The predicted molar refractivity (Wildman–Crippen MR) is 140 cm³/mol. The van der Waals surface area contributed by atoms with Crippen LogP contribution in [0, 0.1) is 5.92 Å². The van der Waals surface area contributed by atoms with Crippen LogP contribution in [-0.2, 0) is 0 Å². The van der Waals surface area contributed by atoms with Crippen LogP contribution in [0.15, 0.2) is 48.5 Å². The number of rotatable bonds is 6. The Kier molecular flexibility index (Phi) is 7.60. The van der Waals surface area contributed by atoms with Crippen molar-refractivity contribution >= 4 is 57.1 Å². The lowest BCUT2D eigenvalue weighted by atomic mass is 9.84. The molecule has 0 aliphatic carbocycles. The number of carbonyl (C=O) groups is 2. The number of hydrogen-bond donors (Lipinski definition) is 3. The van der Waals surface area contributed by atoms with Gasteiger partial charge >= 0.3 is 6.03 Å². The van der Waals surface area contributed by atoms with Gasteiger partial charge < -0.3 is 25.6 Å². The number of thiophene rings is 1. The van der Waals surface area contributed by atoms with E-state index in [9.17, 15) is 9.59 Å². The molecule has 3 fully saturated rings. The summed E-state index contributed by atoms with van der Waals surface area (Å²) < 4.78 is 6.52. The monoisotopic (exact) mass is 500 g/mol. The van der Waals surface area contributed by atoms with Crippen molar-refractivity contribution in [3.8, 4) is 5.75 Å². The van der Waals surface area contributed by atoms with E-state index in [2.05, 4.69) is 20.9 Å². The molecule has 9 heteroatoms. The van der Waals surface area contributed by atoms with Gasteiger partial charge in [0.1, 0.15) is 5.75 Å². The summed E-state index contributed by atoms with van der Waals surface area (Å²) in [5.41, 5.74) is 1.28. The highest BCUT2D eigenvalue weighted by molar-refractivity contribution is 7.20. The van der Waals surface area contributed by atoms with E-state index >= 15 is 0 Å². The van der Waals surface area contributed by atoms with E-state index in [0.717, 1.165) is 29.7 Å². The Hall–Kier alpha value is -2.81. The van der Waals surface area contributed by atoms with Crippen LogP contribution in [-0.4, -0.2) is 49.1 Å². The quantitative estimate of drug-likeness (QED) is 0.435. The molecular weight excluding hydrogens is 472 g/mol. The molecule has 0 unspecified atom stereocenters. The smallest absolute Gasteiger partial charge is 0.323 e. The van der Waals surface area contributed by atoms with E-state index in [1.165, 1.54) is 24.2 Å². The molecule has 2 bridgehead atoms. The maximum atomic E-state index is 12.9. The highest BCUT2D eigenvalue weighted by Gasteiger charge is 2.35. The molecule has 3 aliphatic heterocycles. The van der Waals surface area contributed by atoms with Crippen LogP contribution in [0.5, 0.6) is 5.75 Å². The number of carbonyl (C=O) groups excluding carboxylic acids is 2. The van der Waals surface area contributed by atoms with Crippen LogP contribution in [0.2, 0.25) is 0 Å². The molecule has 34 heavy (non-hydrogen) atoms. The molecule has 180 valence electrons. The average Bonchev–Trinajstić information content (AvgIpc) is 3.25. The predicted octanol–water partition coefficient (Wildman–Crippen LogP) is 5.19. The van der Waals surface area contributed by atoms with E-state index in [4.69, 9.17) is 4.74 Å². The van der Waals surface area contributed by atoms with Crippen LogP contribution in [0.25, 0.3) is 10.1 Å². The van der Waals surface area contributed by atoms with Crippen LogP contribution >= 0.6 is 23.7 Å². The number of amides is 3.